The average Bonchev–Trinajstić information content (AvgIpc) is 2.52. The number of carbonyl (C=O) groups is 1. The van der Waals surface area contributed by atoms with E-state index in [-0.39, 0.29) is 5.78 Å². The van der Waals surface area contributed by atoms with Crippen molar-refractivity contribution in [1.29, 1.82) is 0 Å². The highest BCUT2D eigenvalue weighted by Crippen LogP contribution is 2.20. The molecule has 5 heteroatoms. The van der Waals surface area contributed by atoms with E-state index in [9.17, 15) is 4.79 Å². The zero-order chi connectivity index (χ0) is 18.8. The molecule has 2 aromatic rings. The molecule has 0 bridgehead atoms. The van der Waals surface area contributed by atoms with Crippen molar-refractivity contribution in [2.24, 2.45) is 0 Å². The second kappa shape index (κ2) is 7.58. The number of hydrogen-bond donors (Lipinski definition) is 0. The number of hydrogen-bond acceptors (Lipinski definition) is 3. The maximum atomic E-state index is 13.1. The molecule has 3 nitrogen and oxygen atoms in total. The van der Waals surface area contributed by atoms with Gasteiger partial charge >= 0.3 is 0 Å². The largest absolute Gasteiger partial charge is 0.544 e. The Morgan fingerprint density at radius 2 is 1.60 bits per heavy atom. The van der Waals surface area contributed by atoms with Crippen molar-refractivity contribution in [3.05, 3.63) is 53.6 Å². The maximum absolute atomic E-state index is 13.1. The van der Waals surface area contributed by atoms with Crippen LogP contribution in [0, 0.1) is 0 Å². The van der Waals surface area contributed by atoms with Crippen molar-refractivity contribution in [3.63, 3.8) is 0 Å². The van der Waals surface area contributed by atoms with Crippen LogP contribution in [0.5, 0.6) is 5.75 Å². The number of carbonyl (C=O) groups excluding carboxylic acids is 1. The first-order valence-electron chi connectivity index (χ1n) is 8.74. The summed E-state index contributed by atoms with van der Waals surface area (Å²) in [7, 11) is 1.27. The molecule has 0 heterocycles. The molecule has 134 valence electrons. The van der Waals surface area contributed by atoms with E-state index in [0.717, 1.165) is 22.6 Å². The smallest absolute Gasteiger partial charge is 0.242 e. The third-order valence-electron chi connectivity index (χ3n) is 3.93. The predicted molar refractivity (Wildman–Crippen MR) is 113 cm³/mol. The summed E-state index contributed by atoms with van der Waals surface area (Å²) in [4.78, 5) is 15.2. The summed E-state index contributed by atoms with van der Waals surface area (Å²) in [6.07, 6.45) is 0. The Morgan fingerprint density at radius 1 is 1.00 bits per heavy atom. The van der Waals surface area contributed by atoms with Gasteiger partial charge in [0, 0.05) is 30.9 Å². The molecule has 0 aliphatic carbocycles. The molecule has 0 aliphatic rings. The molecule has 0 spiro atoms. The van der Waals surface area contributed by atoms with E-state index in [2.05, 4.69) is 43.7 Å². The number of rotatable bonds is 6. The molecular formula is C20H29NO2Si2. The summed E-state index contributed by atoms with van der Waals surface area (Å²) >= 11 is 0. The molecule has 0 aromatic heterocycles. The Bertz CT molecular complexity index is 747. The first-order chi connectivity index (χ1) is 11.6. The number of anilines is 1. The molecule has 0 fully saturated rings. The highest BCUT2D eigenvalue weighted by atomic mass is 28.4. The van der Waals surface area contributed by atoms with E-state index in [1.54, 1.807) is 0 Å². The zero-order valence-electron chi connectivity index (χ0n) is 16.4. The number of benzene rings is 2. The van der Waals surface area contributed by atoms with Crippen LogP contribution in [0.3, 0.4) is 0 Å². The SMILES string of the molecule is CN(C)c1cccc(C(=O)c2ccc(O[Si](C)(C)C)cc2)c1[SiH](C)C. The van der Waals surface area contributed by atoms with Crippen molar-refractivity contribution in [3.8, 4) is 5.75 Å². The first kappa shape index (κ1) is 19.5. The molecule has 0 radical (unpaired) electrons. The van der Waals surface area contributed by atoms with Crippen LogP contribution in [0.4, 0.5) is 5.69 Å². The molecule has 2 rings (SSSR count). The van der Waals surface area contributed by atoms with Crippen LogP contribution in [-0.2, 0) is 0 Å². The van der Waals surface area contributed by atoms with Crippen LogP contribution in [-0.4, -0.2) is 37.0 Å². The molecule has 2 aromatic carbocycles. The van der Waals surface area contributed by atoms with Crippen LogP contribution < -0.4 is 14.5 Å². The lowest BCUT2D eigenvalue weighted by molar-refractivity contribution is 0.104. The number of nitrogens with zero attached hydrogens (tertiary/aromatic N) is 1. The minimum atomic E-state index is -1.64. The Kier molecular flexibility index (Phi) is 5.90. The normalized spacial score (nSPS) is 11.5. The van der Waals surface area contributed by atoms with Gasteiger partial charge in [-0.25, -0.2) is 0 Å². The van der Waals surface area contributed by atoms with Crippen molar-refractivity contribution < 1.29 is 9.22 Å². The Labute approximate surface area is 154 Å². The minimum absolute atomic E-state index is 0.0967. The molecule has 25 heavy (non-hydrogen) atoms. The highest BCUT2D eigenvalue weighted by molar-refractivity contribution is 6.73. The van der Waals surface area contributed by atoms with Crippen LogP contribution in [0.1, 0.15) is 15.9 Å². The number of ketones is 1. The second-order valence-electron chi connectivity index (χ2n) is 7.86. The van der Waals surface area contributed by atoms with Gasteiger partial charge in [-0.15, -0.1) is 0 Å². The van der Waals surface area contributed by atoms with Crippen LogP contribution in [0.15, 0.2) is 42.5 Å². The lowest BCUT2D eigenvalue weighted by Gasteiger charge is -2.22. The fourth-order valence-corrected chi connectivity index (χ4v) is 5.57. The van der Waals surface area contributed by atoms with Crippen molar-refractivity contribution in [2.45, 2.75) is 32.7 Å². The molecule has 0 saturated carbocycles. The predicted octanol–water partition coefficient (Wildman–Crippen LogP) is 3.89. The summed E-state index contributed by atoms with van der Waals surface area (Å²) in [6, 6.07) is 13.6. The van der Waals surface area contributed by atoms with Crippen molar-refractivity contribution in [1.82, 2.24) is 0 Å². The molecule has 0 N–H and O–H groups in total. The van der Waals surface area contributed by atoms with Gasteiger partial charge < -0.3 is 9.33 Å². The van der Waals surface area contributed by atoms with E-state index in [4.69, 9.17) is 4.43 Å². The topological polar surface area (TPSA) is 29.5 Å². The lowest BCUT2D eigenvalue weighted by Crippen LogP contribution is -2.34. The minimum Gasteiger partial charge on any atom is -0.544 e. The quantitative estimate of drug-likeness (QED) is 0.570. The van der Waals surface area contributed by atoms with Gasteiger partial charge in [0.05, 0.1) is 8.80 Å². The zero-order valence-corrected chi connectivity index (χ0v) is 18.5. The summed E-state index contributed by atoms with van der Waals surface area (Å²) in [6.45, 7) is 11.0. The van der Waals surface area contributed by atoms with Gasteiger partial charge in [0.15, 0.2) is 5.78 Å². The monoisotopic (exact) mass is 371 g/mol. The summed E-state index contributed by atoms with van der Waals surface area (Å²) in [5.74, 6) is 0.940. The van der Waals surface area contributed by atoms with Gasteiger partial charge in [0.25, 0.3) is 0 Å². The summed E-state index contributed by atoms with van der Waals surface area (Å²) in [5, 5.41) is 1.24. The maximum Gasteiger partial charge on any atom is 0.242 e. The third-order valence-corrected chi connectivity index (χ3v) is 6.54. The van der Waals surface area contributed by atoms with Gasteiger partial charge in [-0.05, 0) is 55.2 Å². The van der Waals surface area contributed by atoms with E-state index in [1.165, 1.54) is 5.19 Å². The van der Waals surface area contributed by atoms with Gasteiger partial charge in [-0.1, -0.05) is 25.2 Å². The van der Waals surface area contributed by atoms with Crippen LogP contribution in [0.25, 0.3) is 0 Å². The van der Waals surface area contributed by atoms with Crippen LogP contribution in [0.2, 0.25) is 32.7 Å². The molecule has 0 unspecified atom stereocenters. The van der Waals surface area contributed by atoms with Crippen molar-refractivity contribution in [2.75, 3.05) is 19.0 Å². The van der Waals surface area contributed by atoms with Gasteiger partial charge in [-0.3, -0.25) is 4.79 Å². The molecular weight excluding hydrogens is 342 g/mol. The van der Waals surface area contributed by atoms with E-state index >= 15 is 0 Å². The molecule has 0 amide bonds. The van der Waals surface area contributed by atoms with Gasteiger partial charge in [0.1, 0.15) is 5.75 Å². The Hall–Kier alpha value is -1.86. The fourth-order valence-electron chi connectivity index (χ4n) is 2.93. The lowest BCUT2D eigenvalue weighted by atomic mass is 10.0. The van der Waals surface area contributed by atoms with Crippen LogP contribution >= 0.6 is 0 Å². The van der Waals surface area contributed by atoms with Gasteiger partial charge in [-0.2, -0.15) is 0 Å². The van der Waals surface area contributed by atoms with Gasteiger partial charge in [0.2, 0.25) is 8.32 Å². The average molecular weight is 372 g/mol. The first-order valence-corrected chi connectivity index (χ1v) is 15.0. The van der Waals surface area contributed by atoms with Crippen molar-refractivity contribution >= 4 is 33.8 Å². The van der Waals surface area contributed by atoms with E-state index in [1.807, 2.05) is 50.5 Å². The Morgan fingerprint density at radius 3 is 2.08 bits per heavy atom. The highest BCUT2D eigenvalue weighted by Gasteiger charge is 2.21. The second-order valence-corrected chi connectivity index (χ2v) is 15.2. The standard InChI is InChI=1S/C20H29NO2Si2/c1-21(2)18-10-8-9-17(20(18)24(3)4)19(22)15-11-13-16(14-12-15)23-25(5,6)7/h8-14,24H,1-7H3. The van der Waals surface area contributed by atoms with E-state index in [0.29, 0.717) is 0 Å². The molecule has 0 atom stereocenters. The molecule has 0 aliphatic heterocycles. The fraction of sp³-hybridized carbons (Fsp3) is 0.350. The Balaban J connectivity index is 2.39. The van der Waals surface area contributed by atoms with E-state index < -0.39 is 17.1 Å². The molecule has 0 saturated heterocycles. The summed E-state index contributed by atoms with van der Waals surface area (Å²) < 4.78 is 5.98. The summed E-state index contributed by atoms with van der Waals surface area (Å²) in [5.41, 5.74) is 2.72. The third kappa shape index (κ3) is 4.83.